The first-order chi connectivity index (χ1) is 6.27. The molecule has 1 aromatic carbocycles. The van der Waals surface area contributed by atoms with Crippen molar-refractivity contribution in [3.63, 3.8) is 0 Å². The van der Waals surface area contributed by atoms with E-state index in [9.17, 15) is 0 Å². The minimum atomic E-state index is 0.564. The van der Waals surface area contributed by atoms with Crippen molar-refractivity contribution in [2.24, 2.45) is 0 Å². The second kappa shape index (κ2) is 4.48. The third kappa shape index (κ3) is 2.46. The van der Waals surface area contributed by atoms with E-state index in [1.807, 2.05) is 36.6 Å². The average molecular weight is 176 g/mol. The van der Waals surface area contributed by atoms with Gasteiger partial charge in [0.15, 0.2) is 11.4 Å². The first-order valence-electron chi connectivity index (χ1n) is 4.15. The van der Waals surface area contributed by atoms with Gasteiger partial charge in [0.05, 0.1) is 7.05 Å². The lowest BCUT2D eigenvalue weighted by atomic mass is 10.3. The molecule has 0 aliphatic heterocycles. The second-order valence-corrected chi connectivity index (χ2v) is 2.60. The fourth-order valence-corrected chi connectivity index (χ4v) is 0.995. The Balaban J connectivity index is 2.86. The summed E-state index contributed by atoms with van der Waals surface area (Å²) in [5, 5.41) is 1.99. The third-order valence-corrected chi connectivity index (χ3v) is 1.70. The number of hydrogen-bond donors (Lipinski definition) is 1. The van der Waals surface area contributed by atoms with E-state index < -0.39 is 0 Å². The molecule has 2 N–H and O–H groups in total. The number of quaternary nitrogens is 1. The van der Waals surface area contributed by atoms with Crippen LogP contribution in [-0.4, -0.2) is 7.05 Å². The van der Waals surface area contributed by atoms with E-state index in [-0.39, 0.29) is 0 Å². The number of allylic oxidation sites excluding steroid dienone is 1. The summed E-state index contributed by atoms with van der Waals surface area (Å²) in [6, 6.07) is 7.80. The van der Waals surface area contributed by atoms with Crippen molar-refractivity contribution in [2.75, 3.05) is 7.05 Å². The Kier molecular flexibility index (Phi) is 3.29. The van der Waals surface area contributed by atoms with Gasteiger partial charge in [-0.3, -0.25) is 0 Å². The minimum Gasteiger partial charge on any atom is -0.452 e. The quantitative estimate of drug-likeness (QED) is 0.421. The van der Waals surface area contributed by atoms with Gasteiger partial charge < -0.3 is 10.1 Å². The molecule has 0 heterocycles. The molecule has 68 valence electrons. The number of ether oxygens (including phenoxy) is 1. The van der Waals surface area contributed by atoms with Gasteiger partial charge >= 0.3 is 0 Å². The van der Waals surface area contributed by atoms with Crippen molar-refractivity contribution in [3.05, 3.63) is 49.3 Å². The van der Waals surface area contributed by atoms with Gasteiger partial charge in [0.25, 0.3) is 0 Å². The topological polar surface area (TPSA) is 25.8 Å². The van der Waals surface area contributed by atoms with Crippen LogP contribution in [0.3, 0.4) is 0 Å². The Morgan fingerprint density at radius 3 is 2.77 bits per heavy atom. The summed E-state index contributed by atoms with van der Waals surface area (Å²) < 4.78 is 5.44. The van der Waals surface area contributed by atoms with Crippen LogP contribution in [0.15, 0.2) is 49.3 Å². The van der Waals surface area contributed by atoms with Gasteiger partial charge in [-0.1, -0.05) is 25.3 Å². The smallest absolute Gasteiger partial charge is 0.187 e. The summed E-state index contributed by atoms with van der Waals surface area (Å²) in [7, 11) is 1.97. The molecule has 0 unspecified atom stereocenters. The van der Waals surface area contributed by atoms with E-state index in [2.05, 4.69) is 13.2 Å². The lowest BCUT2D eigenvalue weighted by molar-refractivity contribution is -0.540. The monoisotopic (exact) mass is 176 g/mol. The summed E-state index contributed by atoms with van der Waals surface area (Å²) in [5.41, 5.74) is 1.06. The lowest BCUT2D eigenvalue weighted by Gasteiger charge is -2.06. The summed E-state index contributed by atoms with van der Waals surface area (Å²) in [4.78, 5) is 0. The largest absolute Gasteiger partial charge is 0.452 e. The molecule has 1 rings (SSSR count). The van der Waals surface area contributed by atoms with Crippen LogP contribution < -0.4 is 10.1 Å². The second-order valence-electron chi connectivity index (χ2n) is 2.60. The number of hydrogen-bond acceptors (Lipinski definition) is 1. The summed E-state index contributed by atoms with van der Waals surface area (Å²) in [6.45, 7) is 7.27. The van der Waals surface area contributed by atoms with Crippen LogP contribution in [-0.2, 0) is 0 Å². The Bertz CT molecular complexity index is 318. The molecule has 0 saturated carbocycles. The molecule has 0 radical (unpaired) electrons. The highest BCUT2D eigenvalue weighted by Gasteiger charge is 2.03. The highest BCUT2D eigenvalue weighted by atomic mass is 16.5. The average Bonchev–Trinajstić information content (AvgIpc) is 2.18. The zero-order valence-electron chi connectivity index (χ0n) is 7.79. The van der Waals surface area contributed by atoms with E-state index in [0.29, 0.717) is 5.76 Å². The molecule has 13 heavy (non-hydrogen) atoms. The van der Waals surface area contributed by atoms with Crippen molar-refractivity contribution in [3.8, 4) is 5.75 Å². The van der Waals surface area contributed by atoms with Crippen LogP contribution in [0.4, 0.5) is 5.69 Å². The predicted octanol–water partition coefficient (Wildman–Crippen LogP) is 1.59. The molecule has 0 fully saturated rings. The molecule has 2 nitrogen and oxygen atoms in total. The molecule has 2 heteroatoms. The molecule has 0 spiro atoms. The van der Waals surface area contributed by atoms with Gasteiger partial charge in [-0.2, -0.15) is 0 Å². The Morgan fingerprint density at radius 1 is 1.46 bits per heavy atom. The van der Waals surface area contributed by atoms with Gasteiger partial charge in [-0.15, -0.1) is 0 Å². The highest BCUT2D eigenvalue weighted by molar-refractivity contribution is 5.45. The van der Waals surface area contributed by atoms with Crippen LogP contribution in [0.2, 0.25) is 0 Å². The Morgan fingerprint density at radius 2 is 2.15 bits per heavy atom. The van der Waals surface area contributed by atoms with Crippen molar-refractivity contribution < 1.29 is 10.1 Å². The zero-order chi connectivity index (χ0) is 9.68. The number of benzene rings is 1. The first-order valence-corrected chi connectivity index (χ1v) is 4.15. The summed E-state index contributed by atoms with van der Waals surface area (Å²) in [5.74, 6) is 1.38. The third-order valence-electron chi connectivity index (χ3n) is 1.70. The van der Waals surface area contributed by atoms with Gasteiger partial charge in [0.1, 0.15) is 5.76 Å². The molecule has 0 aliphatic rings. The normalized spacial score (nSPS) is 9.31. The van der Waals surface area contributed by atoms with E-state index >= 15 is 0 Å². The van der Waals surface area contributed by atoms with Gasteiger partial charge in [0.2, 0.25) is 0 Å². The fraction of sp³-hybridized carbons (Fsp3) is 0.0909. The molecule has 1 aromatic rings. The summed E-state index contributed by atoms with van der Waals surface area (Å²) in [6.07, 6.45) is 1.59. The molecule has 0 amide bonds. The SMILES string of the molecule is C=CC(=C)Oc1ccccc1[NH2+]C. The van der Waals surface area contributed by atoms with Gasteiger partial charge in [0, 0.05) is 6.07 Å². The predicted molar refractivity (Wildman–Crippen MR) is 53.9 cm³/mol. The number of rotatable bonds is 4. The van der Waals surface area contributed by atoms with Crippen LogP contribution >= 0.6 is 0 Å². The molecule has 0 aromatic heterocycles. The Labute approximate surface area is 78.5 Å². The zero-order valence-corrected chi connectivity index (χ0v) is 7.79. The first kappa shape index (κ1) is 9.55. The van der Waals surface area contributed by atoms with Crippen molar-refractivity contribution in [1.29, 1.82) is 0 Å². The molecule has 0 aliphatic carbocycles. The maximum atomic E-state index is 5.44. The molecule has 0 saturated heterocycles. The molecule has 0 bridgehead atoms. The van der Waals surface area contributed by atoms with Crippen LogP contribution in [0.5, 0.6) is 5.75 Å². The number of para-hydroxylation sites is 2. The van der Waals surface area contributed by atoms with Gasteiger partial charge in [-0.25, -0.2) is 0 Å². The van der Waals surface area contributed by atoms with Crippen molar-refractivity contribution in [2.45, 2.75) is 0 Å². The minimum absolute atomic E-state index is 0.564. The molecular weight excluding hydrogens is 162 g/mol. The molecule has 0 atom stereocenters. The van der Waals surface area contributed by atoms with E-state index in [0.717, 1.165) is 11.4 Å². The fourth-order valence-electron chi connectivity index (χ4n) is 0.995. The maximum Gasteiger partial charge on any atom is 0.187 e. The van der Waals surface area contributed by atoms with Gasteiger partial charge in [-0.05, 0) is 12.1 Å². The highest BCUT2D eigenvalue weighted by Crippen LogP contribution is 2.20. The van der Waals surface area contributed by atoms with E-state index in [1.54, 1.807) is 6.08 Å². The molecular formula is C11H14NO+. The number of nitrogens with two attached hydrogens (primary N) is 1. The lowest BCUT2D eigenvalue weighted by Crippen LogP contribution is -2.72. The van der Waals surface area contributed by atoms with Crippen LogP contribution in [0.25, 0.3) is 0 Å². The van der Waals surface area contributed by atoms with Crippen LogP contribution in [0.1, 0.15) is 0 Å². The summed E-state index contributed by atoms with van der Waals surface area (Å²) >= 11 is 0. The van der Waals surface area contributed by atoms with Crippen molar-refractivity contribution >= 4 is 5.69 Å². The van der Waals surface area contributed by atoms with E-state index in [4.69, 9.17) is 4.74 Å². The maximum absolute atomic E-state index is 5.44. The Hall–Kier alpha value is -1.54. The van der Waals surface area contributed by atoms with Crippen molar-refractivity contribution in [1.82, 2.24) is 0 Å². The standard InChI is InChI=1S/C11H13NO/c1-4-9(2)13-11-8-6-5-7-10(11)12-3/h4-8,12H,1-2H2,3H3/p+1. The van der Waals surface area contributed by atoms with Crippen LogP contribution in [0, 0.1) is 0 Å². The van der Waals surface area contributed by atoms with E-state index in [1.165, 1.54) is 0 Å².